The molecule has 8 nitrogen and oxygen atoms in total. The first-order valence-electron chi connectivity index (χ1n) is 9.44. The minimum atomic E-state index is -0.812. The second-order valence-corrected chi connectivity index (χ2v) is 7.63. The number of nitrogens with zero attached hydrogens (tertiary/aromatic N) is 2. The zero-order valence-corrected chi connectivity index (χ0v) is 17.9. The molecular weight excluding hydrogens is 437 g/mol. The summed E-state index contributed by atoms with van der Waals surface area (Å²) in [5.41, 5.74) is -0.883. The minimum absolute atomic E-state index is 0.174. The Bertz CT molecular complexity index is 1440. The van der Waals surface area contributed by atoms with Crippen molar-refractivity contribution in [3.8, 4) is 17.2 Å². The predicted molar refractivity (Wildman–Crippen MR) is 120 cm³/mol. The Morgan fingerprint density at radius 3 is 2.53 bits per heavy atom. The molecule has 0 aliphatic rings. The molecule has 0 bridgehead atoms. The van der Waals surface area contributed by atoms with Gasteiger partial charge in [-0.1, -0.05) is 12.1 Å². The number of amides is 1. The predicted octanol–water partition coefficient (Wildman–Crippen LogP) is 3.01. The molecule has 0 saturated carbocycles. The van der Waals surface area contributed by atoms with Crippen molar-refractivity contribution >= 4 is 33.1 Å². The Morgan fingerprint density at radius 1 is 1.06 bits per heavy atom. The molecule has 2 heterocycles. The van der Waals surface area contributed by atoms with Crippen LogP contribution in [0.25, 0.3) is 15.9 Å². The number of para-hydroxylation sites is 1. The molecule has 0 spiro atoms. The van der Waals surface area contributed by atoms with E-state index in [1.54, 1.807) is 29.6 Å². The number of aromatic nitrogens is 2. The molecule has 0 unspecified atom stereocenters. The van der Waals surface area contributed by atoms with Gasteiger partial charge in [0, 0.05) is 11.8 Å². The standard InChI is InChI=1S/C22H18FN3O5S/c1-30-17-8-7-13(11-18(17)31-2)24-19(27)12-25-16-9-10-32-20(16)21(28)26(22(25)29)15-6-4-3-5-14(15)23/h3-11H,12H2,1-2H3,(H,24,27). The topological polar surface area (TPSA) is 91.6 Å². The molecule has 164 valence electrons. The van der Waals surface area contributed by atoms with Crippen molar-refractivity contribution in [2.75, 3.05) is 19.5 Å². The SMILES string of the molecule is COc1ccc(NC(=O)Cn2c(=O)n(-c3ccccc3F)c(=O)c3sccc32)cc1OC. The van der Waals surface area contributed by atoms with Gasteiger partial charge in [0.05, 0.1) is 25.4 Å². The van der Waals surface area contributed by atoms with Gasteiger partial charge in [0.25, 0.3) is 5.56 Å². The quantitative estimate of drug-likeness (QED) is 0.483. The highest BCUT2D eigenvalue weighted by molar-refractivity contribution is 7.17. The van der Waals surface area contributed by atoms with E-state index >= 15 is 0 Å². The van der Waals surface area contributed by atoms with Gasteiger partial charge in [0.1, 0.15) is 17.1 Å². The summed E-state index contributed by atoms with van der Waals surface area (Å²) in [6, 6.07) is 11.9. The molecule has 10 heteroatoms. The average Bonchev–Trinajstić information content (AvgIpc) is 3.28. The molecule has 2 aromatic carbocycles. The van der Waals surface area contributed by atoms with Crippen molar-refractivity contribution in [2.45, 2.75) is 6.54 Å². The molecular formula is C22H18FN3O5S. The van der Waals surface area contributed by atoms with Crippen molar-refractivity contribution in [1.82, 2.24) is 9.13 Å². The molecule has 1 N–H and O–H groups in total. The molecule has 32 heavy (non-hydrogen) atoms. The van der Waals surface area contributed by atoms with Gasteiger partial charge in [-0.2, -0.15) is 0 Å². The maximum Gasteiger partial charge on any atom is 0.336 e. The third-order valence-electron chi connectivity index (χ3n) is 4.82. The van der Waals surface area contributed by atoms with Crippen molar-refractivity contribution in [3.63, 3.8) is 0 Å². The van der Waals surface area contributed by atoms with Gasteiger partial charge in [0.15, 0.2) is 11.5 Å². The third-order valence-corrected chi connectivity index (χ3v) is 5.71. The van der Waals surface area contributed by atoms with Gasteiger partial charge in [-0.05, 0) is 35.7 Å². The maximum absolute atomic E-state index is 14.4. The molecule has 0 saturated heterocycles. The summed E-state index contributed by atoms with van der Waals surface area (Å²) in [6.07, 6.45) is 0. The number of carbonyl (C=O) groups is 1. The fourth-order valence-corrected chi connectivity index (χ4v) is 4.17. The smallest absolute Gasteiger partial charge is 0.336 e. The summed E-state index contributed by atoms with van der Waals surface area (Å²) >= 11 is 1.11. The molecule has 0 radical (unpaired) electrons. The van der Waals surface area contributed by atoms with E-state index in [-0.39, 0.29) is 16.9 Å². The summed E-state index contributed by atoms with van der Waals surface area (Å²) in [4.78, 5) is 38.8. The molecule has 4 rings (SSSR count). The van der Waals surface area contributed by atoms with Gasteiger partial charge >= 0.3 is 5.69 Å². The van der Waals surface area contributed by atoms with Crippen LogP contribution in [0.4, 0.5) is 10.1 Å². The van der Waals surface area contributed by atoms with Crippen LogP contribution in [0.15, 0.2) is 63.5 Å². The van der Waals surface area contributed by atoms with Gasteiger partial charge in [0.2, 0.25) is 5.91 Å². The number of benzene rings is 2. The second kappa shape index (κ2) is 8.67. The van der Waals surface area contributed by atoms with Crippen LogP contribution in [0.1, 0.15) is 0 Å². The number of halogens is 1. The number of anilines is 1. The van der Waals surface area contributed by atoms with Crippen LogP contribution >= 0.6 is 11.3 Å². The summed E-state index contributed by atoms with van der Waals surface area (Å²) in [6.45, 7) is -0.380. The lowest BCUT2D eigenvalue weighted by atomic mass is 10.2. The van der Waals surface area contributed by atoms with Gasteiger partial charge < -0.3 is 14.8 Å². The summed E-state index contributed by atoms with van der Waals surface area (Å²) in [5, 5.41) is 4.33. The number of fused-ring (bicyclic) bond motifs is 1. The number of carbonyl (C=O) groups excluding carboxylic acids is 1. The zero-order chi connectivity index (χ0) is 22.8. The van der Waals surface area contributed by atoms with Gasteiger partial charge in [-0.3, -0.25) is 14.2 Å². The van der Waals surface area contributed by atoms with Crippen LogP contribution in [0.5, 0.6) is 11.5 Å². The molecule has 2 aromatic heterocycles. The Balaban J connectivity index is 1.75. The third kappa shape index (κ3) is 3.76. The number of hydrogen-bond acceptors (Lipinski definition) is 6. The number of ether oxygens (including phenoxy) is 2. The highest BCUT2D eigenvalue weighted by Crippen LogP contribution is 2.29. The molecule has 1 amide bonds. The largest absolute Gasteiger partial charge is 0.493 e. The number of nitrogens with one attached hydrogen (secondary N) is 1. The first-order valence-corrected chi connectivity index (χ1v) is 10.3. The average molecular weight is 455 g/mol. The lowest BCUT2D eigenvalue weighted by Gasteiger charge is -2.14. The van der Waals surface area contributed by atoms with Crippen LogP contribution in [-0.4, -0.2) is 29.3 Å². The fourth-order valence-electron chi connectivity index (χ4n) is 3.34. The van der Waals surface area contributed by atoms with Gasteiger partial charge in [-0.15, -0.1) is 11.3 Å². The first-order chi connectivity index (χ1) is 15.4. The van der Waals surface area contributed by atoms with E-state index in [9.17, 15) is 18.8 Å². The van der Waals surface area contributed by atoms with Crippen LogP contribution in [0.2, 0.25) is 0 Å². The highest BCUT2D eigenvalue weighted by Gasteiger charge is 2.19. The summed E-state index contributed by atoms with van der Waals surface area (Å²) < 4.78 is 26.9. The number of thiophene rings is 1. The zero-order valence-electron chi connectivity index (χ0n) is 17.1. The van der Waals surface area contributed by atoms with E-state index in [0.717, 1.165) is 26.5 Å². The number of methoxy groups -OCH3 is 2. The lowest BCUT2D eigenvalue weighted by Crippen LogP contribution is -2.40. The van der Waals surface area contributed by atoms with Crippen LogP contribution in [0.3, 0.4) is 0 Å². The molecule has 0 fully saturated rings. The van der Waals surface area contributed by atoms with Crippen LogP contribution in [0, 0.1) is 5.82 Å². The summed E-state index contributed by atoms with van der Waals surface area (Å²) in [7, 11) is 2.97. The van der Waals surface area contributed by atoms with E-state index < -0.39 is 23.0 Å². The Kier molecular flexibility index (Phi) is 5.78. The van der Waals surface area contributed by atoms with E-state index in [0.29, 0.717) is 22.7 Å². The van der Waals surface area contributed by atoms with Crippen molar-refractivity contribution < 1.29 is 18.7 Å². The van der Waals surface area contributed by atoms with Crippen molar-refractivity contribution in [1.29, 1.82) is 0 Å². The molecule has 4 aromatic rings. The van der Waals surface area contributed by atoms with E-state index in [4.69, 9.17) is 9.47 Å². The first kappa shape index (κ1) is 21.3. The Morgan fingerprint density at radius 2 is 1.81 bits per heavy atom. The number of hydrogen-bond donors (Lipinski definition) is 1. The van der Waals surface area contributed by atoms with Crippen molar-refractivity contribution in [3.05, 3.63) is 80.6 Å². The molecule has 0 aliphatic carbocycles. The van der Waals surface area contributed by atoms with E-state index in [1.807, 2.05) is 0 Å². The molecule has 0 aliphatic heterocycles. The fraction of sp³-hybridized carbons (Fsp3) is 0.136. The monoisotopic (exact) mass is 455 g/mol. The van der Waals surface area contributed by atoms with Crippen molar-refractivity contribution in [2.24, 2.45) is 0 Å². The highest BCUT2D eigenvalue weighted by atomic mass is 32.1. The number of rotatable bonds is 6. The summed E-state index contributed by atoms with van der Waals surface area (Å²) in [5.74, 6) is -0.302. The Hall–Kier alpha value is -3.92. The van der Waals surface area contributed by atoms with Crippen LogP contribution < -0.4 is 26.0 Å². The lowest BCUT2D eigenvalue weighted by molar-refractivity contribution is -0.116. The van der Waals surface area contributed by atoms with E-state index in [1.165, 1.54) is 32.4 Å². The minimum Gasteiger partial charge on any atom is -0.493 e. The van der Waals surface area contributed by atoms with Gasteiger partial charge in [-0.25, -0.2) is 13.8 Å². The maximum atomic E-state index is 14.4. The van der Waals surface area contributed by atoms with Crippen LogP contribution in [-0.2, 0) is 11.3 Å². The second-order valence-electron chi connectivity index (χ2n) is 6.71. The normalized spacial score (nSPS) is 10.8. The Labute approximate surface area is 185 Å². The van der Waals surface area contributed by atoms with E-state index in [2.05, 4.69) is 5.32 Å². The molecule has 0 atom stereocenters.